The number of amides is 4. The Balaban J connectivity index is 1.18. The van der Waals surface area contributed by atoms with Gasteiger partial charge in [0, 0.05) is 42.1 Å². The second-order valence-electron chi connectivity index (χ2n) is 9.93. The van der Waals surface area contributed by atoms with Gasteiger partial charge in [0.15, 0.2) is 0 Å². The summed E-state index contributed by atoms with van der Waals surface area (Å²) < 4.78 is 18.9. The van der Waals surface area contributed by atoms with Crippen LogP contribution in [0.4, 0.5) is 9.18 Å². The van der Waals surface area contributed by atoms with E-state index in [-0.39, 0.29) is 54.3 Å². The standard InChI is InChI=1S/C26H29FN4O4/c27-18-6-7-19-20(13-35-21(19)12-18)29-24(34)30-25-14-26(15-25,16-25)31(23(33)9-8-22(28)32)11-10-17-4-2-1-3-5-17/h1-7,12,20H,8-11,13-16H2,(H2,28,32)(H2,29,30,34)/t20-,25?,26?/m0/s1. The van der Waals surface area contributed by atoms with Crippen LogP contribution in [0.1, 0.15) is 49.3 Å². The Bertz CT molecular complexity index is 1140. The molecule has 4 amide bonds. The molecule has 2 aromatic carbocycles. The number of benzene rings is 2. The maximum Gasteiger partial charge on any atom is 0.315 e. The van der Waals surface area contributed by atoms with Gasteiger partial charge in [-0.05, 0) is 37.3 Å². The van der Waals surface area contributed by atoms with Crippen molar-refractivity contribution in [3.8, 4) is 5.75 Å². The van der Waals surface area contributed by atoms with Gasteiger partial charge in [0.05, 0.1) is 6.04 Å². The summed E-state index contributed by atoms with van der Waals surface area (Å²) in [5, 5.41) is 6.00. The summed E-state index contributed by atoms with van der Waals surface area (Å²) in [5.41, 5.74) is 6.51. The quantitative estimate of drug-likeness (QED) is 0.512. The molecule has 6 rings (SSSR count). The van der Waals surface area contributed by atoms with Crippen molar-refractivity contribution in [2.24, 2.45) is 5.73 Å². The predicted molar refractivity (Wildman–Crippen MR) is 126 cm³/mol. The third-order valence-corrected chi connectivity index (χ3v) is 7.37. The van der Waals surface area contributed by atoms with Crippen molar-refractivity contribution in [1.82, 2.24) is 15.5 Å². The third-order valence-electron chi connectivity index (χ3n) is 7.37. The van der Waals surface area contributed by atoms with Gasteiger partial charge in [0.1, 0.15) is 18.2 Å². The first-order valence-electron chi connectivity index (χ1n) is 11.9. The van der Waals surface area contributed by atoms with Crippen molar-refractivity contribution in [2.45, 2.75) is 55.6 Å². The van der Waals surface area contributed by atoms with Crippen molar-refractivity contribution in [2.75, 3.05) is 13.2 Å². The number of halogens is 1. The molecule has 0 aromatic heterocycles. The first kappa shape index (κ1) is 23.1. The summed E-state index contributed by atoms with van der Waals surface area (Å²) in [6.45, 7) is 0.807. The lowest BCUT2D eigenvalue weighted by molar-refractivity contribution is -0.186. The molecule has 184 valence electrons. The van der Waals surface area contributed by atoms with Crippen molar-refractivity contribution >= 4 is 17.8 Å². The van der Waals surface area contributed by atoms with E-state index in [9.17, 15) is 18.8 Å². The van der Waals surface area contributed by atoms with E-state index < -0.39 is 5.91 Å². The van der Waals surface area contributed by atoms with Gasteiger partial charge < -0.3 is 26.0 Å². The number of carbonyl (C=O) groups excluding carboxylic acids is 3. The van der Waals surface area contributed by atoms with Crippen LogP contribution >= 0.6 is 0 Å². The van der Waals surface area contributed by atoms with Gasteiger partial charge in [0.25, 0.3) is 0 Å². The number of nitrogens with two attached hydrogens (primary N) is 1. The first-order chi connectivity index (χ1) is 16.8. The smallest absolute Gasteiger partial charge is 0.315 e. The number of nitrogens with one attached hydrogen (secondary N) is 2. The van der Waals surface area contributed by atoms with Gasteiger partial charge in [-0.2, -0.15) is 0 Å². The highest BCUT2D eigenvalue weighted by Gasteiger charge is 2.71. The molecule has 3 aliphatic carbocycles. The van der Waals surface area contributed by atoms with Crippen LogP contribution in [0.25, 0.3) is 0 Å². The number of hydrogen-bond acceptors (Lipinski definition) is 4. The van der Waals surface area contributed by atoms with E-state index in [2.05, 4.69) is 10.6 Å². The number of rotatable bonds is 9. The third kappa shape index (κ3) is 4.54. The van der Waals surface area contributed by atoms with Gasteiger partial charge in [-0.3, -0.25) is 9.59 Å². The molecule has 1 atom stereocenters. The van der Waals surface area contributed by atoms with Crippen LogP contribution in [-0.2, 0) is 16.0 Å². The zero-order valence-corrected chi connectivity index (χ0v) is 19.4. The normalized spacial score (nSPS) is 25.3. The van der Waals surface area contributed by atoms with E-state index in [1.165, 1.54) is 12.1 Å². The molecule has 2 bridgehead atoms. The van der Waals surface area contributed by atoms with Crippen LogP contribution in [0, 0.1) is 5.82 Å². The summed E-state index contributed by atoms with van der Waals surface area (Å²) in [4.78, 5) is 38.8. The van der Waals surface area contributed by atoms with E-state index in [1.807, 2.05) is 35.2 Å². The first-order valence-corrected chi connectivity index (χ1v) is 11.9. The molecule has 1 heterocycles. The molecule has 1 aliphatic heterocycles. The average Bonchev–Trinajstić information content (AvgIpc) is 3.17. The largest absolute Gasteiger partial charge is 0.491 e. The molecule has 0 saturated heterocycles. The maximum absolute atomic E-state index is 13.4. The molecule has 0 radical (unpaired) electrons. The second-order valence-corrected chi connectivity index (χ2v) is 9.93. The van der Waals surface area contributed by atoms with Gasteiger partial charge in [-0.25, -0.2) is 9.18 Å². The highest BCUT2D eigenvalue weighted by Crippen LogP contribution is 2.63. The number of ether oxygens (including phenoxy) is 1. The number of hydrogen-bond donors (Lipinski definition) is 3. The zero-order chi connectivity index (χ0) is 24.6. The fourth-order valence-corrected chi connectivity index (χ4v) is 5.77. The number of nitrogens with zero attached hydrogens (tertiary/aromatic N) is 1. The molecular formula is C26H29FN4O4. The van der Waals surface area contributed by atoms with E-state index in [0.29, 0.717) is 38.0 Å². The molecule has 4 N–H and O–H groups in total. The Labute approximate surface area is 203 Å². The average molecular weight is 481 g/mol. The van der Waals surface area contributed by atoms with Crippen LogP contribution in [0.5, 0.6) is 5.75 Å². The Morgan fingerprint density at radius 1 is 1.09 bits per heavy atom. The second kappa shape index (κ2) is 8.87. The molecule has 8 nitrogen and oxygen atoms in total. The van der Waals surface area contributed by atoms with Gasteiger partial charge in [0.2, 0.25) is 11.8 Å². The minimum absolute atomic E-state index is 0.0252. The summed E-state index contributed by atoms with van der Waals surface area (Å²) in [6.07, 6.45) is 2.85. The molecule has 2 aromatic rings. The van der Waals surface area contributed by atoms with Crippen LogP contribution in [0.3, 0.4) is 0 Å². The van der Waals surface area contributed by atoms with Gasteiger partial charge in [-0.1, -0.05) is 36.4 Å². The van der Waals surface area contributed by atoms with Gasteiger partial charge >= 0.3 is 6.03 Å². The summed E-state index contributed by atoms with van der Waals surface area (Å²) in [7, 11) is 0. The Morgan fingerprint density at radius 2 is 1.83 bits per heavy atom. The molecule has 9 heteroatoms. The molecule has 4 aliphatic rings. The Kier molecular flexibility index (Phi) is 5.86. The van der Waals surface area contributed by atoms with E-state index >= 15 is 0 Å². The van der Waals surface area contributed by atoms with Crippen molar-refractivity contribution in [1.29, 1.82) is 0 Å². The van der Waals surface area contributed by atoms with Crippen LogP contribution < -0.4 is 21.1 Å². The predicted octanol–water partition coefficient (Wildman–Crippen LogP) is 2.57. The number of fused-ring (bicyclic) bond motifs is 1. The summed E-state index contributed by atoms with van der Waals surface area (Å²) in [5.74, 6) is -0.503. The van der Waals surface area contributed by atoms with Crippen molar-refractivity contribution in [3.05, 3.63) is 65.5 Å². The monoisotopic (exact) mass is 480 g/mol. The topological polar surface area (TPSA) is 114 Å². The van der Waals surface area contributed by atoms with Crippen LogP contribution in [0.2, 0.25) is 0 Å². The number of carbonyl (C=O) groups is 3. The summed E-state index contributed by atoms with van der Waals surface area (Å²) in [6, 6.07) is 13.6. The van der Waals surface area contributed by atoms with Gasteiger partial charge in [-0.15, -0.1) is 0 Å². The lowest BCUT2D eigenvalue weighted by Crippen LogP contribution is -2.84. The lowest BCUT2D eigenvalue weighted by atomic mass is 9.43. The number of primary amides is 1. The van der Waals surface area contributed by atoms with E-state index in [4.69, 9.17) is 10.5 Å². The SMILES string of the molecule is NC(=O)CCC(=O)N(CCc1ccccc1)C12CC(NC(=O)N[C@H]3COc4cc(F)ccc43)(C1)C2. The molecule has 0 spiro atoms. The minimum Gasteiger partial charge on any atom is -0.491 e. The fraction of sp³-hybridized carbons (Fsp3) is 0.423. The summed E-state index contributed by atoms with van der Waals surface area (Å²) >= 11 is 0. The van der Waals surface area contributed by atoms with Crippen molar-refractivity contribution in [3.63, 3.8) is 0 Å². The highest BCUT2D eigenvalue weighted by atomic mass is 19.1. The lowest BCUT2D eigenvalue weighted by Gasteiger charge is -2.73. The molecular weight excluding hydrogens is 451 g/mol. The Morgan fingerprint density at radius 3 is 2.54 bits per heavy atom. The molecule has 3 saturated carbocycles. The Hall–Kier alpha value is -3.62. The fourth-order valence-electron chi connectivity index (χ4n) is 5.77. The molecule has 0 unspecified atom stereocenters. The van der Waals surface area contributed by atoms with Crippen LogP contribution in [0.15, 0.2) is 48.5 Å². The van der Waals surface area contributed by atoms with E-state index in [1.54, 1.807) is 6.07 Å². The van der Waals surface area contributed by atoms with Crippen LogP contribution in [-0.4, -0.2) is 47.0 Å². The maximum atomic E-state index is 13.4. The zero-order valence-electron chi connectivity index (χ0n) is 19.4. The number of urea groups is 1. The van der Waals surface area contributed by atoms with E-state index in [0.717, 1.165) is 11.1 Å². The van der Waals surface area contributed by atoms with Crippen molar-refractivity contribution < 1.29 is 23.5 Å². The highest BCUT2D eigenvalue weighted by molar-refractivity contribution is 5.84. The molecule has 3 fully saturated rings. The molecule has 35 heavy (non-hydrogen) atoms. The minimum atomic E-state index is -0.492.